The fourth-order valence-corrected chi connectivity index (χ4v) is 3.67. The summed E-state index contributed by atoms with van der Waals surface area (Å²) in [5.74, 6) is 0. The zero-order valence-electron chi connectivity index (χ0n) is 10.4. The number of aliphatic hydroxyl groups is 1. The first-order valence-electron chi connectivity index (χ1n) is 6.68. The summed E-state index contributed by atoms with van der Waals surface area (Å²) in [7, 11) is 0. The predicted octanol–water partition coefficient (Wildman–Crippen LogP) is 2.64. The highest BCUT2D eigenvalue weighted by molar-refractivity contribution is 5.20. The molecule has 0 spiro atoms. The van der Waals surface area contributed by atoms with Gasteiger partial charge in [-0.1, -0.05) is 43.7 Å². The van der Waals surface area contributed by atoms with Gasteiger partial charge in [-0.2, -0.15) is 0 Å². The van der Waals surface area contributed by atoms with E-state index >= 15 is 0 Å². The normalized spacial score (nSPS) is 38.0. The quantitative estimate of drug-likeness (QED) is 0.820. The standard InChI is InChI=1S/C15H21NO/c1-15-9-5-8-13(15)16-12(10-15)14(17)11-6-3-2-4-7-11/h2-4,6-7,12-14,16-17H,5,8-10H2,1H3/t12-,13-,14+,15-/m0/s1. The van der Waals surface area contributed by atoms with Crippen LogP contribution in [0.15, 0.2) is 30.3 Å². The second kappa shape index (κ2) is 4.11. The molecule has 92 valence electrons. The maximum Gasteiger partial charge on any atom is 0.0943 e. The number of nitrogens with one attached hydrogen (secondary N) is 1. The van der Waals surface area contributed by atoms with Crippen molar-refractivity contribution in [3.05, 3.63) is 35.9 Å². The van der Waals surface area contributed by atoms with E-state index in [0.29, 0.717) is 11.5 Å². The third-order valence-corrected chi connectivity index (χ3v) is 4.71. The molecule has 1 saturated carbocycles. The second-order valence-electron chi connectivity index (χ2n) is 5.93. The third kappa shape index (κ3) is 1.90. The van der Waals surface area contributed by atoms with Crippen LogP contribution >= 0.6 is 0 Å². The fraction of sp³-hybridized carbons (Fsp3) is 0.600. The summed E-state index contributed by atoms with van der Waals surface area (Å²) in [5.41, 5.74) is 1.45. The van der Waals surface area contributed by atoms with Crippen molar-refractivity contribution in [2.24, 2.45) is 5.41 Å². The van der Waals surface area contributed by atoms with Gasteiger partial charge in [0.1, 0.15) is 0 Å². The first-order chi connectivity index (χ1) is 8.19. The lowest BCUT2D eigenvalue weighted by Crippen LogP contribution is -2.34. The smallest absolute Gasteiger partial charge is 0.0943 e. The minimum Gasteiger partial charge on any atom is -0.387 e. The van der Waals surface area contributed by atoms with Gasteiger partial charge in [-0.05, 0) is 30.2 Å². The Bertz CT molecular complexity index is 391. The van der Waals surface area contributed by atoms with Crippen LogP contribution in [0.1, 0.15) is 44.3 Å². The topological polar surface area (TPSA) is 32.3 Å². The molecule has 0 unspecified atom stereocenters. The Kier molecular flexibility index (Phi) is 2.72. The van der Waals surface area contributed by atoms with E-state index in [1.807, 2.05) is 30.3 Å². The highest BCUT2D eigenvalue weighted by Crippen LogP contribution is 2.48. The van der Waals surface area contributed by atoms with Crippen LogP contribution in [0, 0.1) is 5.41 Å². The maximum absolute atomic E-state index is 10.4. The molecule has 1 aliphatic heterocycles. The molecular formula is C15H21NO. The summed E-state index contributed by atoms with van der Waals surface area (Å²) in [5, 5.41) is 14.1. The fourth-order valence-electron chi connectivity index (χ4n) is 3.67. The summed E-state index contributed by atoms with van der Waals surface area (Å²) in [6.07, 6.45) is 4.66. The lowest BCUT2D eigenvalue weighted by Gasteiger charge is -2.22. The van der Waals surface area contributed by atoms with Crippen LogP contribution in [0.5, 0.6) is 0 Å². The van der Waals surface area contributed by atoms with Crippen LogP contribution < -0.4 is 5.32 Å². The largest absolute Gasteiger partial charge is 0.387 e. The van der Waals surface area contributed by atoms with Crippen molar-refractivity contribution in [1.82, 2.24) is 5.32 Å². The van der Waals surface area contributed by atoms with Crippen molar-refractivity contribution < 1.29 is 5.11 Å². The van der Waals surface area contributed by atoms with Crippen molar-refractivity contribution in [2.75, 3.05) is 0 Å². The van der Waals surface area contributed by atoms with E-state index in [-0.39, 0.29) is 12.1 Å². The van der Waals surface area contributed by atoms with Gasteiger partial charge in [0, 0.05) is 12.1 Å². The molecule has 4 atom stereocenters. The summed E-state index contributed by atoms with van der Waals surface area (Å²) < 4.78 is 0. The summed E-state index contributed by atoms with van der Waals surface area (Å²) in [6.45, 7) is 2.37. The zero-order chi connectivity index (χ0) is 11.9. The van der Waals surface area contributed by atoms with E-state index in [1.165, 1.54) is 19.3 Å². The average Bonchev–Trinajstić information content (AvgIpc) is 2.84. The van der Waals surface area contributed by atoms with Crippen molar-refractivity contribution in [3.8, 4) is 0 Å². The first-order valence-corrected chi connectivity index (χ1v) is 6.68. The van der Waals surface area contributed by atoms with E-state index in [1.54, 1.807) is 0 Å². The van der Waals surface area contributed by atoms with Crippen molar-refractivity contribution in [1.29, 1.82) is 0 Å². The van der Waals surface area contributed by atoms with Gasteiger partial charge in [0.05, 0.1) is 6.10 Å². The summed E-state index contributed by atoms with van der Waals surface area (Å²) in [6, 6.07) is 10.9. The van der Waals surface area contributed by atoms with Gasteiger partial charge in [0.2, 0.25) is 0 Å². The summed E-state index contributed by atoms with van der Waals surface area (Å²) in [4.78, 5) is 0. The molecule has 1 saturated heterocycles. The molecule has 0 bridgehead atoms. The van der Waals surface area contributed by atoms with Crippen molar-refractivity contribution >= 4 is 0 Å². The van der Waals surface area contributed by atoms with Gasteiger partial charge in [-0.3, -0.25) is 0 Å². The number of rotatable bonds is 2. The molecule has 2 N–H and O–H groups in total. The highest BCUT2D eigenvalue weighted by atomic mass is 16.3. The van der Waals surface area contributed by atoms with E-state index in [0.717, 1.165) is 12.0 Å². The molecule has 1 aliphatic carbocycles. The van der Waals surface area contributed by atoms with E-state index in [9.17, 15) is 5.11 Å². The zero-order valence-corrected chi connectivity index (χ0v) is 10.4. The van der Waals surface area contributed by atoms with E-state index < -0.39 is 0 Å². The van der Waals surface area contributed by atoms with Crippen LogP contribution in [-0.4, -0.2) is 17.2 Å². The Balaban J connectivity index is 1.75. The summed E-state index contributed by atoms with van der Waals surface area (Å²) >= 11 is 0. The predicted molar refractivity (Wildman–Crippen MR) is 68.7 cm³/mol. The monoisotopic (exact) mass is 231 g/mol. The van der Waals surface area contributed by atoms with Gasteiger partial charge < -0.3 is 10.4 Å². The SMILES string of the molecule is C[C@@]12CCC[C@@H]1N[C@H]([C@H](O)c1ccccc1)C2. The number of hydrogen-bond acceptors (Lipinski definition) is 2. The molecule has 1 aromatic carbocycles. The van der Waals surface area contributed by atoms with Crippen LogP contribution in [0.3, 0.4) is 0 Å². The van der Waals surface area contributed by atoms with Gasteiger partial charge in [-0.25, -0.2) is 0 Å². The van der Waals surface area contributed by atoms with Crippen LogP contribution in [0.4, 0.5) is 0 Å². The average molecular weight is 231 g/mol. The lowest BCUT2D eigenvalue weighted by atomic mass is 9.82. The molecular weight excluding hydrogens is 210 g/mol. The number of hydrogen-bond donors (Lipinski definition) is 2. The maximum atomic E-state index is 10.4. The van der Waals surface area contributed by atoms with Crippen molar-refractivity contribution in [2.45, 2.75) is 50.8 Å². The van der Waals surface area contributed by atoms with E-state index in [2.05, 4.69) is 12.2 Å². The second-order valence-corrected chi connectivity index (χ2v) is 5.93. The minimum absolute atomic E-state index is 0.229. The molecule has 0 radical (unpaired) electrons. The molecule has 3 rings (SSSR count). The molecule has 0 aromatic heterocycles. The lowest BCUT2D eigenvalue weighted by molar-refractivity contribution is 0.130. The molecule has 0 amide bonds. The van der Waals surface area contributed by atoms with Crippen molar-refractivity contribution in [3.63, 3.8) is 0 Å². The molecule has 2 aliphatic rings. The number of benzene rings is 1. The van der Waals surface area contributed by atoms with Crippen LogP contribution in [0.2, 0.25) is 0 Å². The highest BCUT2D eigenvalue weighted by Gasteiger charge is 2.48. The van der Waals surface area contributed by atoms with E-state index in [4.69, 9.17) is 0 Å². The Morgan fingerprint density at radius 3 is 2.82 bits per heavy atom. The molecule has 2 fully saturated rings. The first kappa shape index (κ1) is 11.2. The Labute approximate surface area is 103 Å². The van der Waals surface area contributed by atoms with Gasteiger partial charge in [0.25, 0.3) is 0 Å². The van der Waals surface area contributed by atoms with Crippen LogP contribution in [0.25, 0.3) is 0 Å². The number of aliphatic hydroxyl groups excluding tert-OH is 1. The molecule has 2 nitrogen and oxygen atoms in total. The molecule has 1 heterocycles. The molecule has 17 heavy (non-hydrogen) atoms. The van der Waals surface area contributed by atoms with Gasteiger partial charge >= 0.3 is 0 Å². The van der Waals surface area contributed by atoms with Crippen LogP contribution in [-0.2, 0) is 0 Å². The molecule has 2 heteroatoms. The number of fused-ring (bicyclic) bond motifs is 1. The minimum atomic E-state index is -0.362. The van der Waals surface area contributed by atoms with Gasteiger partial charge in [0.15, 0.2) is 0 Å². The van der Waals surface area contributed by atoms with Gasteiger partial charge in [-0.15, -0.1) is 0 Å². The Morgan fingerprint density at radius 1 is 1.35 bits per heavy atom. The molecule has 1 aromatic rings. The Hall–Kier alpha value is -0.860. The Morgan fingerprint density at radius 2 is 2.12 bits per heavy atom. The third-order valence-electron chi connectivity index (χ3n) is 4.71.